The van der Waals surface area contributed by atoms with Gasteiger partial charge in [-0.05, 0) is 48.9 Å². The normalized spacial score (nSPS) is 22.9. The number of anilines is 2. The minimum Gasteiger partial charge on any atom is -0.324 e. The highest BCUT2D eigenvalue weighted by molar-refractivity contribution is 6.31. The van der Waals surface area contributed by atoms with Crippen LogP contribution in [0.25, 0.3) is 0 Å². The highest BCUT2D eigenvalue weighted by Gasteiger charge is 2.38. The van der Waals surface area contributed by atoms with Crippen LogP contribution in [-0.4, -0.2) is 9.97 Å². The van der Waals surface area contributed by atoms with Gasteiger partial charge in [-0.15, -0.1) is 0 Å². The van der Waals surface area contributed by atoms with Gasteiger partial charge in [-0.2, -0.15) is 0 Å². The lowest BCUT2D eigenvalue weighted by molar-refractivity contribution is 0.628. The first-order chi connectivity index (χ1) is 9.70. The zero-order valence-corrected chi connectivity index (χ0v) is 11.5. The maximum Gasteiger partial charge on any atom is 0.227 e. The van der Waals surface area contributed by atoms with Crippen LogP contribution in [0, 0.1) is 5.82 Å². The number of halogens is 2. The van der Waals surface area contributed by atoms with Crippen molar-refractivity contribution < 1.29 is 4.39 Å². The molecule has 20 heavy (non-hydrogen) atoms. The Kier molecular flexibility index (Phi) is 2.67. The summed E-state index contributed by atoms with van der Waals surface area (Å²) in [6.07, 6.45) is 5.65. The van der Waals surface area contributed by atoms with Crippen molar-refractivity contribution in [2.24, 2.45) is 0 Å². The number of nitrogens with one attached hydrogen (secondary N) is 1. The minimum atomic E-state index is -0.426. The van der Waals surface area contributed by atoms with Crippen molar-refractivity contribution >= 4 is 23.2 Å². The van der Waals surface area contributed by atoms with Gasteiger partial charge < -0.3 is 5.32 Å². The van der Waals surface area contributed by atoms with E-state index >= 15 is 0 Å². The maximum atomic E-state index is 13.1. The van der Waals surface area contributed by atoms with Crippen LogP contribution >= 0.6 is 11.6 Å². The van der Waals surface area contributed by atoms with Gasteiger partial charge in [-0.1, -0.05) is 11.6 Å². The molecule has 1 saturated carbocycles. The Morgan fingerprint density at radius 3 is 2.95 bits per heavy atom. The first-order valence-electron chi connectivity index (χ1n) is 6.79. The van der Waals surface area contributed by atoms with Crippen LogP contribution in [0.5, 0.6) is 0 Å². The van der Waals surface area contributed by atoms with Crippen molar-refractivity contribution in [3.63, 3.8) is 0 Å². The predicted molar refractivity (Wildman–Crippen MR) is 76.1 cm³/mol. The van der Waals surface area contributed by atoms with Gasteiger partial charge in [-0.25, -0.2) is 14.4 Å². The summed E-state index contributed by atoms with van der Waals surface area (Å²) in [5.74, 6) is 1.38. The summed E-state index contributed by atoms with van der Waals surface area (Å²) >= 11 is 5.77. The summed E-state index contributed by atoms with van der Waals surface area (Å²) in [5.41, 5.74) is 3.19. The molecule has 2 aliphatic carbocycles. The third-order valence-corrected chi connectivity index (χ3v) is 4.57. The van der Waals surface area contributed by atoms with E-state index in [4.69, 9.17) is 11.6 Å². The average molecular weight is 290 g/mol. The Morgan fingerprint density at radius 2 is 2.10 bits per heavy atom. The summed E-state index contributed by atoms with van der Waals surface area (Å²) in [4.78, 5) is 8.98. The lowest BCUT2D eigenvalue weighted by atomic mass is 9.98. The molecule has 0 radical (unpaired) electrons. The van der Waals surface area contributed by atoms with Gasteiger partial charge in [-0.3, -0.25) is 0 Å². The molecule has 1 fully saturated rings. The van der Waals surface area contributed by atoms with E-state index in [0.717, 1.165) is 0 Å². The van der Waals surface area contributed by atoms with Crippen LogP contribution in [0.1, 0.15) is 42.4 Å². The van der Waals surface area contributed by atoms with E-state index in [1.54, 1.807) is 12.1 Å². The van der Waals surface area contributed by atoms with Crippen LogP contribution < -0.4 is 5.32 Å². The lowest BCUT2D eigenvalue weighted by Gasteiger charge is -2.14. The van der Waals surface area contributed by atoms with Gasteiger partial charge in [0.2, 0.25) is 5.95 Å². The van der Waals surface area contributed by atoms with Gasteiger partial charge in [0, 0.05) is 17.8 Å². The molecule has 0 spiro atoms. The third-order valence-electron chi connectivity index (χ3n) is 4.28. The lowest BCUT2D eigenvalue weighted by Crippen LogP contribution is -2.05. The molecule has 1 aromatic carbocycles. The second kappa shape index (κ2) is 4.42. The predicted octanol–water partition coefficient (Wildman–Crippen LogP) is 4.38. The van der Waals surface area contributed by atoms with E-state index < -0.39 is 5.82 Å². The highest BCUT2D eigenvalue weighted by Crippen LogP contribution is 2.52. The fourth-order valence-electron chi connectivity index (χ4n) is 3.32. The molecule has 0 saturated heterocycles. The van der Waals surface area contributed by atoms with Crippen molar-refractivity contribution in [1.82, 2.24) is 9.97 Å². The summed E-state index contributed by atoms with van der Waals surface area (Å²) in [6, 6.07) is 4.50. The summed E-state index contributed by atoms with van der Waals surface area (Å²) in [5, 5.41) is 3.18. The van der Waals surface area contributed by atoms with E-state index in [2.05, 4.69) is 15.3 Å². The quantitative estimate of drug-likeness (QED) is 0.891. The molecule has 1 aromatic heterocycles. The second-order valence-electron chi connectivity index (χ2n) is 5.49. The molecular formula is C15H13ClFN3. The number of hydrogen-bond donors (Lipinski definition) is 1. The fraction of sp³-hybridized carbons (Fsp3) is 0.333. The van der Waals surface area contributed by atoms with Crippen LogP contribution in [-0.2, 0) is 0 Å². The van der Waals surface area contributed by atoms with Gasteiger partial charge in [0.25, 0.3) is 0 Å². The zero-order chi connectivity index (χ0) is 13.7. The minimum absolute atomic E-state index is 0.0928. The molecule has 2 unspecified atom stereocenters. The van der Waals surface area contributed by atoms with E-state index in [-0.39, 0.29) is 5.02 Å². The van der Waals surface area contributed by atoms with Crippen molar-refractivity contribution in [3.05, 3.63) is 46.5 Å². The second-order valence-corrected chi connectivity index (χ2v) is 5.90. The van der Waals surface area contributed by atoms with Crippen LogP contribution in [0.15, 0.2) is 24.4 Å². The molecular weight excluding hydrogens is 277 g/mol. The molecule has 3 nitrogen and oxygen atoms in total. The molecule has 5 heteroatoms. The van der Waals surface area contributed by atoms with Crippen LogP contribution in [0.4, 0.5) is 16.0 Å². The van der Waals surface area contributed by atoms with Crippen molar-refractivity contribution in [1.29, 1.82) is 0 Å². The molecule has 0 amide bonds. The van der Waals surface area contributed by atoms with E-state index in [1.165, 1.54) is 36.6 Å². The summed E-state index contributed by atoms with van der Waals surface area (Å²) in [6.45, 7) is 0. The van der Waals surface area contributed by atoms with E-state index in [0.29, 0.717) is 23.5 Å². The molecule has 2 atom stereocenters. The number of benzene rings is 1. The topological polar surface area (TPSA) is 37.8 Å². The molecule has 0 aliphatic heterocycles. The SMILES string of the molecule is Fc1ccc(Nc2ncc3c(n2)C2CCC3C2)cc1Cl. The molecule has 102 valence electrons. The van der Waals surface area contributed by atoms with E-state index in [9.17, 15) is 4.39 Å². The Bertz CT molecular complexity index is 689. The summed E-state index contributed by atoms with van der Waals surface area (Å²) in [7, 11) is 0. The molecule has 1 N–H and O–H groups in total. The van der Waals surface area contributed by atoms with Gasteiger partial charge in [0.1, 0.15) is 5.82 Å². The molecule has 2 aromatic rings. The largest absolute Gasteiger partial charge is 0.324 e. The maximum absolute atomic E-state index is 13.1. The fourth-order valence-corrected chi connectivity index (χ4v) is 3.50. The monoisotopic (exact) mass is 289 g/mol. The number of fused-ring (bicyclic) bond motifs is 5. The molecule has 2 bridgehead atoms. The molecule has 1 heterocycles. The average Bonchev–Trinajstić information content (AvgIpc) is 3.04. The molecule has 2 aliphatic rings. The number of aromatic nitrogens is 2. The van der Waals surface area contributed by atoms with Gasteiger partial charge >= 0.3 is 0 Å². The highest BCUT2D eigenvalue weighted by atomic mass is 35.5. The smallest absolute Gasteiger partial charge is 0.227 e. The van der Waals surface area contributed by atoms with Crippen molar-refractivity contribution in [2.75, 3.05) is 5.32 Å². The van der Waals surface area contributed by atoms with E-state index in [1.807, 2.05) is 6.20 Å². The van der Waals surface area contributed by atoms with Gasteiger partial charge in [0.15, 0.2) is 0 Å². The zero-order valence-electron chi connectivity index (χ0n) is 10.7. The molecule has 4 rings (SSSR count). The number of nitrogens with zero attached hydrogens (tertiary/aromatic N) is 2. The van der Waals surface area contributed by atoms with Gasteiger partial charge in [0.05, 0.1) is 10.7 Å². The Hall–Kier alpha value is -1.68. The Labute approximate surface area is 121 Å². The van der Waals surface area contributed by atoms with Crippen molar-refractivity contribution in [3.8, 4) is 0 Å². The first-order valence-corrected chi connectivity index (χ1v) is 7.17. The number of rotatable bonds is 2. The van der Waals surface area contributed by atoms with Crippen LogP contribution in [0.3, 0.4) is 0 Å². The summed E-state index contributed by atoms with van der Waals surface area (Å²) < 4.78 is 13.1. The third kappa shape index (κ3) is 1.86. The number of hydrogen-bond acceptors (Lipinski definition) is 3. The Morgan fingerprint density at radius 1 is 1.25 bits per heavy atom. The Balaban J connectivity index is 1.64. The first kappa shape index (κ1) is 12.1. The van der Waals surface area contributed by atoms with Crippen molar-refractivity contribution in [2.45, 2.75) is 31.1 Å². The van der Waals surface area contributed by atoms with Crippen LogP contribution in [0.2, 0.25) is 5.02 Å². The standard InChI is InChI=1S/C15H13ClFN3/c16-12-6-10(3-4-13(12)17)19-15-18-7-11-8-1-2-9(5-8)14(11)20-15/h3-4,6-9H,1-2,5H2,(H,18,19,20).